The average molecular weight is 556 g/mol. The van der Waals surface area contributed by atoms with E-state index in [0.29, 0.717) is 11.6 Å². The minimum absolute atomic E-state index is 0.167. The largest absolute Gasteiger partial charge is 0.419 e. The van der Waals surface area contributed by atoms with Gasteiger partial charge in [0.1, 0.15) is 5.82 Å². The average Bonchev–Trinajstić information content (AvgIpc) is 2.89. The van der Waals surface area contributed by atoms with Gasteiger partial charge in [-0.1, -0.05) is 74.5 Å². The Labute approximate surface area is 227 Å². The molecular weight excluding hydrogens is 501 g/mol. The molecule has 0 saturated heterocycles. The van der Waals surface area contributed by atoms with Crippen LogP contribution >= 0.6 is 9.24 Å². The quantitative estimate of drug-likeness (QED) is 0.122. The number of benzene rings is 1. The van der Waals surface area contributed by atoms with E-state index in [9.17, 15) is 22.4 Å². The second-order valence-electron chi connectivity index (χ2n) is 7.93. The smallest absolute Gasteiger partial charge is 0.372 e. The Morgan fingerprint density at radius 1 is 1.05 bits per heavy atom. The summed E-state index contributed by atoms with van der Waals surface area (Å²) >= 11 is 0. The summed E-state index contributed by atoms with van der Waals surface area (Å²) in [7, 11) is 3.94. The number of carbonyl (C=O) groups is 1. The Balaban J connectivity index is -0.000000229. The minimum atomic E-state index is -4.67. The molecule has 0 aliphatic heterocycles. The van der Waals surface area contributed by atoms with Crippen LogP contribution in [0, 0.1) is 17.7 Å². The van der Waals surface area contributed by atoms with Gasteiger partial charge in [0, 0.05) is 19.6 Å². The summed E-state index contributed by atoms with van der Waals surface area (Å²) < 4.78 is 49.9. The Morgan fingerprint density at radius 2 is 1.54 bits per heavy atom. The number of carbonyl (C=O) groups excluding carboxylic acids is 1. The van der Waals surface area contributed by atoms with Gasteiger partial charge in [-0.25, -0.2) is 4.39 Å². The summed E-state index contributed by atoms with van der Waals surface area (Å²) in [5.41, 5.74) is -0.908. The van der Waals surface area contributed by atoms with E-state index in [1.807, 2.05) is 34.4 Å². The zero-order chi connectivity index (χ0) is 29.9. The van der Waals surface area contributed by atoms with Gasteiger partial charge < -0.3 is 10.6 Å². The first kappa shape index (κ1) is 42.4. The van der Waals surface area contributed by atoms with Crippen LogP contribution in [-0.4, -0.2) is 32.5 Å². The fourth-order valence-electron chi connectivity index (χ4n) is 3.20. The van der Waals surface area contributed by atoms with Gasteiger partial charge in [0.25, 0.3) is 0 Å². The molecule has 1 aromatic rings. The number of halogens is 4. The number of amides is 1. The van der Waals surface area contributed by atoms with Crippen LogP contribution in [0.5, 0.6) is 0 Å². The number of rotatable bonds is 6. The Bertz CT molecular complexity index is 649. The van der Waals surface area contributed by atoms with Crippen LogP contribution < -0.4 is 10.6 Å². The molecule has 220 valence electrons. The van der Waals surface area contributed by atoms with Crippen LogP contribution in [0.15, 0.2) is 23.2 Å². The molecule has 2 N–H and O–H groups in total. The molecule has 37 heavy (non-hydrogen) atoms. The van der Waals surface area contributed by atoms with Crippen molar-refractivity contribution in [2.24, 2.45) is 16.8 Å². The molecule has 1 atom stereocenters. The normalized spacial score (nSPS) is 16.0. The maximum absolute atomic E-state index is 12.9. The maximum atomic E-state index is 12.9. The summed E-state index contributed by atoms with van der Waals surface area (Å²) in [6.07, 6.45) is 3.67. The van der Waals surface area contributed by atoms with Crippen molar-refractivity contribution >= 4 is 22.0 Å². The van der Waals surface area contributed by atoms with E-state index in [1.165, 1.54) is 51.6 Å². The Hall–Kier alpha value is -1.69. The number of nitrogens with zero attached hydrogens (tertiary/aromatic N) is 1. The number of alkyl halides is 3. The van der Waals surface area contributed by atoms with E-state index in [2.05, 4.69) is 52.6 Å². The van der Waals surface area contributed by atoms with Crippen molar-refractivity contribution in [3.8, 4) is 0 Å². The molecule has 0 radical (unpaired) electrons. The second-order valence-corrected chi connectivity index (χ2v) is 7.93. The van der Waals surface area contributed by atoms with Gasteiger partial charge in [0.15, 0.2) is 0 Å². The lowest BCUT2D eigenvalue weighted by Gasteiger charge is -2.30. The van der Waals surface area contributed by atoms with Gasteiger partial charge in [-0.2, -0.15) is 13.2 Å². The fourth-order valence-corrected chi connectivity index (χ4v) is 3.20. The van der Waals surface area contributed by atoms with Crippen LogP contribution in [-0.2, 0) is 17.5 Å². The molecule has 1 aliphatic carbocycles. The molecule has 4 nitrogen and oxygen atoms in total. The number of hydrogen-bond donors (Lipinski definition) is 2. The van der Waals surface area contributed by atoms with Crippen LogP contribution in [0.2, 0.25) is 0 Å². The van der Waals surface area contributed by atoms with Gasteiger partial charge in [-0.15, -0.1) is 9.24 Å². The summed E-state index contributed by atoms with van der Waals surface area (Å²) in [6.45, 7) is 18.9. The van der Waals surface area contributed by atoms with E-state index < -0.39 is 17.6 Å². The Kier molecular flexibility index (Phi) is 33.1. The van der Waals surface area contributed by atoms with Gasteiger partial charge in [-0.3, -0.25) is 9.79 Å². The van der Waals surface area contributed by atoms with Crippen LogP contribution in [0.3, 0.4) is 0 Å². The predicted octanol–water partition coefficient (Wildman–Crippen LogP) is 8.50. The SMILES string of the molecule is CC.CC.CC(C)C1CCC(NC=O)CC1.CCC.CN=CNCc1ccc(F)c(C(F)(F)F)c1.CP. The molecule has 1 fully saturated rings. The summed E-state index contributed by atoms with van der Waals surface area (Å²) in [6, 6.07) is 3.34. The molecule has 1 aliphatic rings. The third-order valence-corrected chi connectivity index (χ3v) is 4.88. The molecule has 1 amide bonds. The highest BCUT2D eigenvalue weighted by Crippen LogP contribution is 2.32. The first-order valence-corrected chi connectivity index (χ1v) is 14.5. The number of nitrogens with one attached hydrogen (secondary N) is 2. The van der Waals surface area contributed by atoms with E-state index in [4.69, 9.17) is 0 Å². The van der Waals surface area contributed by atoms with E-state index in [0.717, 1.165) is 30.4 Å². The lowest BCUT2D eigenvalue weighted by molar-refractivity contribution is -0.140. The molecule has 1 aromatic carbocycles. The standard InChI is InChI=1S/C10H10F4N2.C10H19NO.C3H8.2C2H6.CH5P/c1-15-6-16-5-7-2-3-9(11)8(4-7)10(12,13)14;1-8(2)9-3-5-10(6-4-9)11-7-12;1-3-2;3*1-2/h2-4,6H,5H2,1H3,(H,15,16);7-10H,3-6H2,1-2H3,(H,11,12);3H2,1-2H3;2*1-2H3;2H2,1H3. The van der Waals surface area contributed by atoms with Gasteiger partial charge >= 0.3 is 6.18 Å². The van der Waals surface area contributed by atoms with E-state index in [-0.39, 0.29) is 6.54 Å². The van der Waals surface area contributed by atoms with Gasteiger partial charge in [0.2, 0.25) is 6.41 Å². The topological polar surface area (TPSA) is 53.5 Å². The number of aliphatic imine (C=N–C) groups is 1. The predicted molar refractivity (Wildman–Crippen MR) is 157 cm³/mol. The summed E-state index contributed by atoms with van der Waals surface area (Å²) in [5.74, 6) is 0.428. The fraction of sp³-hybridized carbons (Fsp3) is 0.714. The van der Waals surface area contributed by atoms with Crippen molar-refractivity contribution in [1.29, 1.82) is 0 Å². The molecule has 0 heterocycles. The summed E-state index contributed by atoms with van der Waals surface area (Å²) in [5, 5.41) is 5.53. The van der Waals surface area contributed by atoms with E-state index in [1.54, 1.807) is 0 Å². The lowest BCUT2D eigenvalue weighted by atomic mass is 9.80. The molecule has 0 spiro atoms. The summed E-state index contributed by atoms with van der Waals surface area (Å²) in [4.78, 5) is 13.8. The lowest BCUT2D eigenvalue weighted by Crippen LogP contribution is -2.33. The highest BCUT2D eigenvalue weighted by atomic mass is 31.0. The van der Waals surface area contributed by atoms with Crippen molar-refractivity contribution in [1.82, 2.24) is 10.6 Å². The monoisotopic (exact) mass is 555 g/mol. The molecule has 1 saturated carbocycles. The zero-order valence-electron chi connectivity index (χ0n) is 24.8. The molecule has 0 bridgehead atoms. The molecule has 0 aromatic heterocycles. The molecular formula is C28H54F4N3OP. The van der Waals surface area contributed by atoms with Crippen molar-refractivity contribution in [2.75, 3.05) is 13.7 Å². The highest BCUT2D eigenvalue weighted by molar-refractivity contribution is 7.15. The molecule has 9 heteroatoms. The van der Waals surface area contributed by atoms with Crippen molar-refractivity contribution in [3.05, 3.63) is 35.1 Å². The van der Waals surface area contributed by atoms with Crippen LogP contribution in [0.1, 0.15) is 98.6 Å². The van der Waals surface area contributed by atoms with Crippen LogP contribution in [0.25, 0.3) is 0 Å². The van der Waals surface area contributed by atoms with Gasteiger partial charge in [0.05, 0.1) is 11.9 Å². The van der Waals surface area contributed by atoms with Crippen molar-refractivity contribution < 1.29 is 22.4 Å². The van der Waals surface area contributed by atoms with E-state index >= 15 is 0 Å². The Morgan fingerprint density at radius 3 is 1.92 bits per heavy atom. The molecule has 1 unspecified atom stereocenters. The second kappa shape index (κ2) is 28.9. The first-order valence-electron chi connectivity index (χ1n) is 13.4. The maximum Gasteiger partial charge on any atom is 0.419 e. The first-order chi connectivity index (χ1) is 17.6. The van der Waals surface area contributed by atoms with Crippen molar-refractivity contribution in [3.63, 3.8) is 0 Å². The van der Waals surface area contributed by atoms with Crippen LogP contribution in [0.4, 0.5) is 17.6 Å². The number of hydrogen-bond acceptors (Lipinski definition) is 2. The third kappa shape index (κ3) is 23.2. The van der Waals surface area contributed by atoms with Crippen molar-refractivity contribution in [2.45, 2.75) is 106 Å². The molecule has 2 rings (SSSR count). The van der Waals surface area contributed by atoms with Gasteiger partial charge in [-0.05, 0) is 55.2 Å². The third-order valence-electron chi connectivity index (χ3n) is 4.88. The zero-order valence-corrected chi connectivity index (χ0v) is 26.0. The highest BCUT2D eigenvalue weighted by Gasteiger charge is 2.34. The minimum Gasteiger partial charge on any atom is -0.372 e.